The number of hydrogen-bond donors (Lipinski definition) is 1. The molecule has 0 aromatic heterocycles. The van der Waals surface area contributed by atoms with Crippen LogP contribution in [0.25, 0.3) is 11.1 Å². The number of nitrogens with two attached hydrogens (primary N) is 1. The molecule has 98 valence electrons. The van der Waals surface area contributed by atoms with E-state index in [-0.39, 0.29) is 6.10 Å². The highest BCUT2D eigenvalue weighted by atomic mass is 16.5. The molecule has 0 radical (unpaired) electrons. The molecule has 2 aromatic rings. The summed E-state index contributed by atoms with van der Waals surface area (Å²) < 4.78 is 6.16. The second kappa shape index (κ2) is 4.27. The van der Waals surface area contributed by atoms with Gasteiger partial charge >= 0.3 is 0 Å². The van der Waals surface area contributed by atoms with Crippen molar-refractivity contribution in [2.75, 3.05) is 5.73 Å². The smallest absolute Gasteiger partial charge is 0.132 e. The molecule has 2 aromatic carbocycles. The Labute approximate surface area is 118 Å². The standard InChI is InChI=1S/C18H15NO/c19-13-10-8-12(9-11-13)14-5-3-6-16-15-4-1-2-7-17(15)20-18(14)16/h1-11,15,17H,19H2. The van der Waals surface area contributed by atoms with Crippen LogP contribution in [0.2, 0.25) is 0 Å². The number of benzene rings is 2. The highest BCUT2D eigenvalue weighted by Crippen LogP contribution is 2.46. The van der Waals surface area contributed by atoms with E-state index < -0.39 is 0 Å². The van der Waals surface area contributed by atoms with E-state index in [0.717, 1.165) is 22.6 Å². The molecule has 2 nitrogen and oxygen atoms in total. The first-order valence-electron chi connectivity index (χ1n) is 6.83. The zero-order valence-corrected chi connectivity index (χ0v) is 11.0. The summed E-state index contributed by atoms with van der Waals surface area (Å²) in [6, 6.07) is 14.3. The van der Waals surface area contributed by atoms with Gasteiger partial charge in [-0.3, -0.25) is 0 Å². The number of hydrogen-bond acceptors (Lipinski definition) is 2. The molecule has 0 bridgehead atoms. The van der Waals surface area contributed by atoms with E-state index >= 15 is 0 Å². The van der Waals surface area contributed by atoms with Gasteiger partial charge in [0, 0.05) is 22.7 Å². The van der Waals surface area contributed by atoms with Crippen LogP contribution in [0, 0.1) is 0 Å². The molecule has 2 heteroatoms. The number of para-hydroxylation sites is 1. The first-order chi connectivity index (χ1) is 9.83. The van der Waals surface area contributed by atoms with Gasteiger partial charge in [0.05, 0.1) is 0 Å². The van der Waals surface area contributed by atoms with Crippen molar-refractivity contribution in [1.82, 2.24) is 0 Å². The molecule has 2 aliphatic rings. The van der Waals surface area contributed by atoms with E-state index in [0.29, 0.717) is 5.92 Å². The van der Waals surface area contributed by atoms with Gasteiger partial charge in [-0.05, 0) is 23.8 Å². The minimum atomic E-state index is 0.130. The largest absolute Gasteiger partial charge is 0.484 e. The fourth-order valence-corrected chi connectivity index (χ4v) is 2.95. The number of nitrogen functional groups attached to an aromatic ring is 1. The molecule has 2 atom stereocenters. The lowest BCUT2D eigenvalue weighted by atomic mass is 9.90. The van der Waals surface area contributed by atoms with Gasteiger partial charge < -0.3 is 10.5 Å². The Kier molecular flexibility index (Phi) is 2.43. The molecule has 1 aliphatic heterocycles. The average molecular weight is 261 g/mol. The molecule has 2 unspecified atom stereocenters. The van der Waals surface area contributed by atoms with E-state index in [1.807, 2.05) is 24.3 Å². The van der Waals surface area contributed by atoms with Crippen LogP contribution in [0.3, 0.4) is 0 Å². The van der Waals surface area contributed by atoms with Gasteiger partial charge in [0.2, 0.25) is 0 Å². The van der Waals surface area contributed by atoms with E-state index in [1.54, 1.807) is 0 Å². The predicted octanol–water partition coefficient (Wildman–Crippen LogP) is 3.91. The molecule has 1 heterocycles. The molecular formula is C18H15NO. The zero-order valence-electron chi connectivity index (χ0n) is 11.0. The summed E-state index contributed by atoms with van der Waals surface area (Å²) >= 11 is 0. The minimum absolute atomic E-state index is 0.130. The summed E-state index contributed by atoms with van der Waals surface area (Å²) in [5, 5.41) is 0. The molecule has 0 saturated heterocycles. The Morgan fingerprint density at radius 1 is 0.900 bits per heavy atom. The van der Waals surface area contributed by atoms with Crippen molar-refractivity contribution >= 4 is 5.69 Å². The Bertz CT molecular complexity index is 713. The number of fused-ring (bicyclic) bond motifs is 3. The zero-order chi connectivity index (χ0) is 13.5. The van der Waals surface area contributed by atoms with Crippen molar-refractivity contribution in [3.8, 4) is 16.9 Å². The Morgan fingerprint density at radius 3 is 2.55 bits per heavy atom. The van der Waals surface area contributed by atoms with Crippen LogP contribution in [0.4, 0.5) is 5.69 Å². The Morgan fingerprint density at radius 2 is 1.70 bits per heavy atom. The monoisotopic (exact) mass is 261 g/mol. The molecular weight excluding hydrogens is 246 g/mol. The molecule has 0 saturated carbocycles. The maximum Gasteiger partial charge on any atom is 0.132 e. The normalized spacial score (nSPS) is 22.2. The van der Waals surface area contributed by atoms with E-state index in [4.69, 9.17) is 10.5 Å². The predicted molar refractivity (Wildman–Crippen MR) is 81.7 cm³/mol. The number of allylic oxidation sites excluding steroid dienone is 2. The highest BCUT2D eigenvalue weighted by Gasteiger charge is 2.33. The number of rotatable bonds is 1. The van der Waals surface area contributed by atoms with E-state index in [1.165, 1.54) is 5.56 Å². The fraction of sp³-hybridized carbons (Fsp3) is 0.111. The van der Waals surface area contributed by atoms with Crippen LogP contribution in [0.5, 0.6) is 5.75 Å². The molecule has 1 aliphatic carbocycles. The first kappa shape index (κ1) is 11.4. The molecule has 2 N–H and O–H groups in total. The average Bonchev–Trinajstić information content (AvgIpc) is 2.87. The summed E-state index contributed by atoms with van der Waals surface area (Å²) in [5.74, 6) is 1.34. The van der Waals surface area contributed by atoms with Crippen molar-refractivity contribution in [2.24, 2.45) is 0 Å². The SMILES string of the molecule is Nc1ccc(-c2cccc3c2OC2C=CC=CC32)cc1. The minimum Gasteiger partial charge on any atom is -0.484 e. The van der Waals surface area contributed by atoms with E-state index in [2.05, 4.69) is 42.5 Å². The third-order valence-electron chi connectivity index (χ3n) is 3.96. The van der Waals surface area contributed by atoms with Crippen LogP contribution in [0.15, 0.2) is 66.8 Å². The summed E-state index contributed by atoms with van der Waals surface area (Å²) in [6.07, 6.45) is 8.61. The van der Waals surface area contributed by atoms with Gasteiger partial charge in [-0.2, -0.15) is 0 Å². The Hall–Kier alpha value is -2.48. The van der Waals surface area contributed by atoms with Crippen molar-refractivity contribution in [3.63, 3.8) is 0 Å². The molecule has 4 rings (SSSR count). The highest BCUT2D eigenvalue weighted by molar-refractivity contribution is 5.75. The third kappa shape index (κ3) is 1.65. The van der Waals surface area contributed by atoms with Gasteiger partial charge in [-0.1, -0.05) is 48.6 Å². The summed E-state index contributed by atoms with van der Waals surface area (Å²) in [6.45, 7) is 0. The van der Waals surface area contributed by atoms with Crippen molar-refractivity contribution in [3.05, 3.63) is 72.3 Å². The maximum absolute atomic E-state index is 6.16. The van der Waals surface area contributed by atoms with Crippen LogP contribution >= 0.6 is 0 Å². The van der Waals surface area contributed by atoms with Gasteiger partial charge in [0.1, 0.15) is 11.9 Å². The third-order valence-corrected chi connectivity index (χ3v) is 3.96. The van der Waals surface area contributed by atoms with Gasteiger partial charge in [-0.25, -0.2) is 0 Å². The number of anilines is 1. The Balaban J connectivity index is 1.85. The summed E-state index contributed by atoms with van der Waals surface area (Å²) in [5.41, 5.74) is 10.1. The lowest BCUT2D eigenvalue weighted by Crippen LogP contribution is -2.15. The molecule has 0 spiro atoms. The van der Waals surface area contributed by atoms with Gasteiger partial charge in [-0.15, -0.1) is 0 Å². The summed E-state index contributed by atoms with van der Waals surface area (Å²) in [7, 11) is 0. The molecule has 0 amide bonds. The van der Waals surface area contributed by atoms with Gasteiger partial charge in [0.15, 0.2) is 0 Å². The van der Waals surface area contributed by atoms with Crippen molar-refractivity contribution in [1.29, 1.82) is 0 Å². The lowest BCUT2D eigenvalue weighted by Gasteiger charge is -2.14. The second-order valence-electron chi connectivity index (χ2n) is 5.22. The van der Waals surface area contributed by atoms with Crippen molar-refractivity contribution < 1.29 is 4.74 Å². The van der Waals surface area contributed by atoms with Crippen LogP contribution in [0.1, 0.15) is 11.5 Å². The van der Waals surface area contributed by atoms with Crippen LogP contribution in [-0.2, 0) is 0 Å². The first-order valence-corrected chi connectivity index (χ1v) is 6.83. The quantitative estimate of drug-likeness (QED) is 0.790. The lowest BCUT2D eigenvalue weighted by molar-refractivity contribution is 0.270. The fourth-order valence-electron chi connectivity index (χ4n) is 2.95. The molecule has 0 fully saturated rings. The summed E-state index contributed by atoms with van der Waals surface area (Å²) in [4.78, 5) is 0. The molecule has 20 heavy (non-hydrogen) atoms. The topological polar surface area (TPSA) is 35.2 Å². The second-order valence-corrected chi connectivity index (χ2v) is 5.22. The van der Waals surface area contributed by atoms with Crippen LogP contribution in [-0.4, -0.2) is 6.10 Å². The van der Waals surface area contributed by atoms with Crippen molar-refractivity contribution in [2.45, 2.75) is 12.0 Å². The van der Waals surface area contributed by atoms with E-state index in [9.17, 15) is 0 Å². The number of ether oxygens (including phenoxy) is 1. The van der Waals surface area contributed by atoms with Crippen LogP contribution < -0.4 is 10.5 Å². The van der Waals surface area contributed by atoms with Gasteiger partial charge in [0.25, 0.3) is 0 Å². The maximum atomic E-state index is 6.16.